The molecule has 4 rings (SSSR count). The van der Waals surface area contributed by atoms with Crippen LogP contribution in [0.25, 0.3) is 22.4 Å². The summed E-state index contributed by atoms with van der Waals surface area (Å²) in [7, 11) is 0. The predicted molar refractivity (Wildman–Crippen MR) is 115 cm³/mol. The molecule has 1 aliphatic rings. The Morgan fingerprint density at radius 1 is 1.03 bits per heavy atom. The van der Waals surface area contributed by atoms with Gasteiger partial charge in [-0.2, -0.15) is 0 Å². The Balaban J connectivity index is 1.71. The summed E-state index contributed by atoms with van der Waals surface area (Å²) in [5.74, 6) is -3.49. The topological polar surface area (TPSA) is 94.6 Å². The smallest absolute Gasteiger partial charge is 0.254 e. The zero-order valence-electron chi connectivity index (χ0n) is 17.6. The summed E-state index contributed by atoms with van der Waals surface area (Å²) in [6.45, 7) is 5.22. The number of primary amides is 1. The van der Waals surface area contributed by atoms with Gasteiger partial charge in [-0.25, -0.2) is 8.78 Å². The normalized spacial score (nSPS) is 14.8. The lowest BCUT2D eigenvalue weighted by atomic mass is 9.92. The lowest BCUT2D eigenvalue weighted by molar-refractivity contribution is -0.128. The van der Waals surface area contributed by atoms with Crippen LogP contribution in [-0.4, -0.2) is 28.0 Å². The molecule has 2 heterocycles. The summed E-state index contributed by atoms with van der Waals surface area (Å²) in [5.41, 5.74) is 6.77. The Morgan fingerprint density at radius 2 is 1.75 bits per heavy atom. The minimum Gasteiger partial charge on any atom is -0.381 e. The first kappa shape index (κ1) is 21.3. The van der Waals surface area contributed by atoms with Crippen LogP contribution in [0.1, 0.15) is 35.3 Å². The van der Waals surface area contributed by atoms with E-state index in [2.05, 4.69) is 10.1 Å². The summed E-state index contributed by atoms with van der Waals surface area (Å²) in [5, 5.41) is 3.94. The van der Waals surface area contributed by atoms with E-state index in [1.807, 2.05) is 19.1 Å². The number of benzene rings is 2. The second-order valence-electron chi connectivity index (χ2n) is 7.98. The number of aryl methyl sites for hydroxylation is 1. The Morgan fingerprint density at radius 3 is 2.34 bits per heavy atom. The van der Waals surface area contributed by atoms with Gasteiger partial charge in [0.05, 0.1) is 5.69 Å². The lowest BCUT2D eigenvalue weighted by Crippen LogP contribution is -2.33. The molecule has 1 aromatic heterocycles. The number of nitrogens with zero attached hydrogens (tertiary/aromatic N) is 2. The largest absolute Gasteiger partial charge is 0.381 e. The third-order valence-corrected chi connectivity index (χ3v) is 5.33. The number of nitrogens with two attached hydrogens (primary N) is 1. The number of Topliss-reactive ketones (excluding diaryl/α,β-unsaturated/α-hetero) is 1. The van der Waals surface area contributed by atoms with Crippen molar-refractivity contribution < 1.29 is 23.2 Å². The van der Waals surface area contributed by atoms with Crippen molar-refractivity contribution in [1.29, 1.82) is 0 Å². The van der Waals surface area contributed by atoms with E-state index in [4.69, 9.17) is 10.6 Å². The summed E-state index contributed by atoms with van der Waals surface area (Å²) in [6, 6.07) is 10.9. The van der Waals surface area contributed by atoms with Gasteiger partial charge in [-0.15, -0.1) is 0 Å². The number of amides is 1. The van der Waals surface area contributed by atoms with E-state index >= 15 is 0 Å². The maximum atomic E-state index is 14.6. The second kappa shape index (κ2) is 7.64. The summed E-state index contributed by atoms with van der Waals surface area (Å²) in [6.07, 6.45) is 1.53. The highest BCUT2D eigenvalue weighted by atomic mass is 19.1. The van der Waals surface area contributed by atoms with Crippen LogP contribution in [0.15, 0.2) is 53.8 Å². The molecular formula is C24H19F2N3O3. The van der Waals surface area contributed by atoms with Gasteiger partial charge in [0.15, 0.2) is 11.3 Å². The maximum absolute atomic E-state index is 14.6. The van der Waals surface area contributed by atoms with E-state index in [9.17, 15) is 18.4 Å². The molecule has 0 spiro atoms. The molecule has 0 saturated heterocycles. The quantitative estimate of drug-likeness (QED) is 0.665. The maximum Gasteiger partial charge on any atom is 0.254 e. The molecule has 162 valence electrons. The van der Waals surface area contributed by atoms with Crippen LogP contribution in [0.4, 0.5) is 8.78 Å². The molecule has 6 nitrogen and oxygen atoms in total. The van der Waals surface area contributed by atoms with Crippen LogP contribution in [0.2, 0.25) is 0 Å². The van der Waals surface area contributed by atoms with Crippen LogP contribution in [-0.2, 0) is 9.63 Å². The molecule has 0 fully saturated rings. The van der Waals surface area contributed by atoms with Crippen LogP contribution in [0.3, 0.4) is 0 Å². The van der Waals surface area contributed by atoms with Gasteiger partial charge in [0.1, 0.15) is 17.2 Å². The van der Waals surface area contributed by atoms with Gasteiger partial charge in [0, 0.05) is 22.9 Å². The molecule has 0 unspecified atom stereocenters. The minimum atomic E-state index is -1.19. The average Bonchev–Trinajstić information content (AvgIpc) is 3.01. The lowest BCUT2D eigenvalue weighted by Gasteiger charge is -2.12. The molecule has 3 aromatic rings. The highest BCUT2D eigenvalue weighted by Gasteiger charge is 2.40. The number of hydrogen-bond acceptors (Lipinski definition) is 5. The fourth-order valence-corrected chi connectivity index (χ4v) is 3.48. The molecule has 1 amide bonds. The van der Waals surface area contributed by atoms with Gasteiger partial charge in [-0.3, -0.25) is 14.6 Å². The third kappa shape index (κ3) is 3.53. The van der Waals surface area contributed by atoms with Crippen molar-refractivity contribution in [3.63, 3.8) is 0 Å². The fraction of sp³-hybridized carbons (Fsp3) is 0.167. The fourth-order valence-electron chi connectivity index (χ4n) is 3.48. The van der Waals surface area contributed by atoms with Crippen LogP contribution in [0.5, 0.6) is 0 Å². The van der Waals surface area contributed by atoms with E-state index in [0.29, 0.717) is 5.56 Å². The van der Waals surface area contributed by atoms with E-state index < -0.39 is 28.7 Å². The number of carbonyl (C=O) groups is 2. The van der Waals surface area contributed by atoms with Crippen LogP contribution in [0, 0.1) is 18.6 Å². The number of carbonyl (C=O) groups excluding carboxylic acids is 2. The third-order valence-electron chi connectivity index (χ3n) is 5.33. The highest BCUT2D eigenvalue weighted by Crippen LogP contribution is 2.30. The Bertz CT molecular complexity index is 1300. The molecule has 2 N–H and O–H groups in total. The average molecular weight is 435 g/mol. The first-order chi connectivity index (χ1) is 15.1. The van der Waals surface area contributed by atoms with Crippen molar-refractivity contribution >= 4 is 17.4 Å². The van der Waals surface area contributed by atoms with Crippen molar-refractivity contribution in [2.45, 2.75) is 26.4 Å². The van der Waals surface area contributed by atoms with Gasteiger partial charge in [0.25, 0.3) is 5.91 Å². The number of oxime groups is 1. The number of halogens is 2. The van der Waals surface area contributed by atoms with Gasteiger partial charge in [-0.05, 0) is 56.2 Å². The SMILES string of the molecule is Cc1ccc(C2=NOC(C)(C)C2=O)cc1-c1ccc(-c2ccc(F)c(C(N)=O)c2F)nc1. The standard InChI is InChI=1S/C24H19F2N3O3/c1-12-4-5-13(21-22(30)24(2,3)32-29-21)10-16(12)14-6-9-18(28-11-14)15-7-8-17(25)19(20(15)26)23(27)31/h4-11H,1-3H3,(H2,27,31). The van der Waals surface area contributed by atoms with Crippen LogP contribution >= 0.6 is 0 Å². The summed E-state index contributed by atoms with van der Waals surface area (Å²) in [4.78, 5) is 33.4. The monoisotopic (exact) mass is 435 g/mol. The van der Waals surface area contributed by atoms with Gasteiger partial charge in [-0.1, -0.05) is 23.4 Å². The molecule has 32 heavy (non-hydrogen) atoms. The zero-order chi connectivity index (χ0) is 23.2. The number of hydrogen-bond donors (Lipinski definition) is 1. The Labute approximate surface area is 182 Å². The van der Waals surface area contributed by atoms with Gasteiger partial charge < -0.3 is 10.6 Å². The molecular weight excluding hydrogens is 416 g/mol. The highest BCUT2D eigenvalue weighted by molar-refractivity contribution is 6.49. The summed E-state index contributed by atoms with van der Waals surface area (Å²) < 4.78 is 28.4. The van der Waals surface area contributed by atoms with E-state index in [1.165, 1.54) is 12.3 Å². The van der Waals surface area contributed by atoms with Crippen molar-refractivity contribution in [1.82, 2.24) is 4.98 Å². The first-order valence-corrected chi connectivity index (χ1v) is 9.77. The number of aromatic nitrogens is 1. The second-order valence-corrected chi connectivity index (χ2v) is 7.98. The molecule has 0 aliphatic carbocycles. The number of ketones is 1. The molecule has 0 atom stereocenters. The molecule has 2 aromatic carbocycles. The number of pyridine rings is 1. The molecule has 0 bridgehead atoms. The Kier molecular flexibility index (Phi) is 5.08. The van der Waals surface area contributed by atoms with E-state index in [-0.39, 0.29) is 22.8 Å². The summed E-state index contributed by atoms with van der Waals surface area (Å²) >= 11 is 0. The van der Waals surface area contributed by atoms with Gasteiger partial charge >= 0.3 is 0 Å². The van der Waals surface area contributed by atoms with E-state index in [0.717, 1.165) is 22.8 Å². The molecule has 8 heteroatoms. The Hall–Kier alpha value is -3.94. The molecule has 1 aliphatic heterocycles. The van der Waals surface area contributed by atoms with Crippen molar-refractivity contribution in [2.75, 3.05) is 0 Å². The molecule has 0 radical (unpaired) electrons. The minimum absolute atomic E-state index is 0.0393. The zero-order valence-corrected chi connectivity index (χ0v) is 17.6. The predicted octanol–water partition coefficient (Wildman–Crippen LogP) is 4.18. The number of rotatable bonds is 4. The van der Waals surface area contributed by atoms with Crippen molar-refractivity contribution in [3.8, 4) is 22.4 Å². The van der Waals surface area contributed by atoms with Crippen molar-refractivity contribution in [3.05, 3.63) is 77.0 Å². The van der Waals surface area contributed by atoms with Gasteiger partial charge in [0.2, 0.25) is 5.78 Å². The van der Waals surface area contributed by atoms with Crippen LogP contribution < -0.4 is 5.73 Å². The first-order valence-electron chi connectivity index (χ1n) is 9.77. The molecule has 0 saturated carbocycles. The van der Waals surface area contributed by atoms with E-state index in [1.54, 1.807) is 32.0 Å². The van der Waals surface area contributed by atoms with Crippen molar-refractivity contribution in [2.24, 2.45) is 10.9 Å².